The number of nitrogens with zero attached hydrogens (tertiary/aromatic N) is 4. The highest BCUT2D eigenvalue weighted by Crippen LogP contribution is 2.29. The maximum Gasteiger partial charge on any atom is 0.410 e. The maximum atomic E-state index is 12.6. The van der Waals surface area contributed by atoms with Crippen LogP contribution in [0.2, 0.25) is 0 Å². The molecule has 1 aromatic carbocycles. The summed E-state index contributed by atoms with van der Waals surface area (Å²) >= 11 is 1.20. The number of non-ortho nitro benzene ring substituents is 1. The molecule has 3 rings (SSSR count). The number of nitrogens with one attached hydrogen (secondary N) is 1. The lowest BCUT2D eigenvalue weighted by Crippen LogP contribution is -2.38. The van der Waals surface area contributed by atoms with Gasteiger partial charge in [0.15, 0.2) is 5.12 Å². The highest BCUT2D eigenvalue weighted by Gasteiger charge is 2.37. The molecule has 2 atom stereocenters. The van der Waals surface area contributed by atoms with Crippen LogP contribution in [0.15, 0.2) is 30.6 Å². The van der Waals surface area contributed by atoms with Crippen molar-refractivity contribution in [2.45, 2.75) is 37.9 Å². The summed E-state index contributed by atoms with van der Waals surface area (Å²) in [7, 11) is 0. The fraction of sp³-hybridized carbons (Fsp3) is 0.444. The first kappa shape index (κ1) is 21.7. The Morgan fingerprint density at radius 2 is 2.10 bits per heavy atom. The third kappa shape index (κ3) is 6.00. The van der Waals surface area contributed by atoms with Crippen LogP contribution in [0.5, 0.6) is 0 Å². The number of thioether (sulfide) groups is 1. The molecule has 1 N–H and O–H groups in total. The topological polar surface area (TPSA) is 141 Å². The van der Waals surface area contributed by atoms with E-state index in [4.69, 9.17) is 9.47 Å². The number of amides is 1. The average molecular weight is 435 g/mol. The van der Waals surface area contributed by atoms with E-state index >= 15 is 0 Å². The molecule has 30 heavy (non-hydrogen) atoms. The number of nitro benzene ring substituents is 1. The number of likely N-dealkylation sites (tertiary alicyclic amines) is 1. The van der Waals surface area contributed by atoms with E-state index < -0.39 is 11.0 Å². The first-order valence-corrected chi connectivity index (χ1v) is 10.1. The summed E-state index contributed by atoms with van der Waals surface area (Å²) < 4.78 is 11.0. The summed E-state index contributed by atoms with van der Waals surface area (Å²) in [5.74, 6) is 0.579. The number of aromatic nitrogens is 3. The van der Waals surface area contributed by atoms with E-state index in [1.54, 1.807) is 17.0 Å². The van der Waals surface area contributed by atoms with Gasteiger partial charge in [0.2, 0.25) is 0 Å². The quantitative estimate of drug-likeness (QED) is 0.488. The number of H-pyrrole nitrogens is 1. The Kier molecular flexibility index (Phi) is 7.36. The second-order valence-corrected chi connectivity index (χ2v) is 8.18. The van der Waals surface area contributed by atoms with E-state index in [2.05, 4.69) is 15.2 Å². The zero-order valence-corrected chi connectivity index (χ0v) is 17.0. The van der Waals surface area contributed by atoms with Crippen LogP contribution in [0.1, 0.15) is 24.7 Å². The Labute approximate surface area is 176 Å². The van der Waals surface area contributed by atoms with Gasteiger partial charge in [-0.15, -0.1) is 0 Å². The molecule has 1 aliphatic heterocycles. The van der Waals surface area contributed by atoms with Gasteiger partial charge in [-0.1, -0.05) is 11.8 Å². The molecule has 0 radical (unpaired) electrons. The van der Waals surface area contributed by atoms with E-state index in [1.807, 2.05) is 0 Å². The molecule has 1 fully saturated rings. The number of benzene rings is 1. The lowest BCUT2D eigenvalue weighted by atomic mass is 10.2. The molecule has 160 valence electrons. The molecule has 0 spiro atoms. The summed E-state index contributed by atoms with van der Waals surface area (Å²) in [6, 6.07) is 5.56. The molecule has 0 aliphatic carbocycles. The molecule has 2 aromatic rings. The van der Waals surface area contributed by atoms with Gasteiger partial charge < -0.3 is 14.4 Å². The highest BCUT2D eigenvalue weighted by atomic mass is 32.2. The van der Waals surface area contributed by atoms with Crippen LogP contribution in [0.25, 0.3) is 0 Å². The number of ether oxygens (including phenoxy) is 2. The average Bonchev–Trinajstić information content (AvgIpc) is 3.36. The molecule has 1 amide bonds. The van der Waals surface area contributed by atoms with Crippen LogP contribution in [-0.4, -0.2) is 60.7 Å². The molecule has 1 saturated heterocycles. The molecule has 2 heterocycles. The zero-order valence-electron chi connectivity index (χ0n) is 16.2. The van der Waals surface area contributed by atoms with Gasteiger partial charge in [-0.2, -0.15) is 5.10 Å². The molecule has 12 heteroatoms. The zero-order chi connectivity index (χ0) is 21.5. The van der Waals surface area contributed by atoms with E-state index in [-0.39, 0.29) is 41.9 Å². The van der Waals surface area contributed by atoms with Crippen molar-refractivity contribution in [2.24, 2.45) is 0 Å². The largest absolute Gasteiger partial charge is 0.445 e. The molecule has 0 unspecified atom stereocenters. The van der Waals surface area contributed by atoms with Crippen molar-refractivity contribution >= 4 is 28.7 Å². The predicted octanol–water partition coefficient (Wildman–Crippen LogP) is 2.29. The summed E-state index contributed by atoms with van der Waals surface area (Å²) in [6.45, 7) is 2.35. The first-order valence-electron chi connectivity index (χ1n) is 9.18. The number of carbonyl (C=O) groups is 2. The number of carbonyl (C=O) groups excluding carboxylic acids is 2. The third-order valence-corrected chi connectivity index (χ3v) is 5.47. The minimum Gasteiger partial charge on any atom is -0.445 e. The SMILES string of the molecule is CC(=O)S[C@H]1C[C@@H](COCc2ncn[nH]2)N(C(=O)OCc2ccc([N+](=O)[O-])cc2)C1. The van der Waals surface area contributed by atoms with E-state index in [9.17, 15) is 19.7 Å². The van der Waals surface area contributed by atoms with Crippen molar-refractivity contribution in [3.8, 4) is 0 Å². The monoisotopic (exact) mass is 435 g/mol. The lowest BCUT2D eigenvalue weighted by molar-refractivity contribution is -0.384. The normalized spacial score (nSPS) is 18.4. The molecule has 1 aliphatic rings. The van der Waals surface area contributed by atoms with Gasteiger partial charge in [0.25, 0.3) is 5.69 Å². The summed E-state index contributed by atoms with van der Waals surface area (Å²) in [6.07, 6.45) is 1.47. The Bertz CT molecular complexity index is 876. The summed E-state index contributed by atoms with van der Waals surface area (Å²) in [5.41, 5.74) is 0.610. The minimum absolute atomic E-state index is 0.0104. The molecular formula is C18H21N5O6S. The Morgan fingerprint density at radius 1 is 1.33 bits per heavy atom. The van der Waals surface area contributed by atoms with Crippen molar-refractivity contribution in [3.05, 3.63) is 52.1 Å². The Hall–Kier alpha value is -2.99. The van der Waals surface area contributed by atoms with Crippen molar-refractivity contribution in [1.29, 1.82) is 0 Å². The van der Waals surface area contributed by atoms with Crippen molar-refractivity contribution < 1.29 is 24.0 Å². The first-order chi connectivity index (χ1) is 14.4. The van der Waals surface area contributed by atoms with Gasteiger partial charge in [-0.3, -0.25) is 20.0 Å². The number of hydrogen-bond donors (Lipinski definition) is 1. The molecule has 0 saturated carbocycles. The summed E-state index contributed by atoms with van der Waals surface area (Å²) in [4.78, 5) is 39.9. The second-order valence-electron chi connectivity index (χ2n) is 6.70. The fourth-order valence-electron chi connectivity index (χ4n) is 3.11. The number of hydrogen-bond acceptors (Lipinski definition) is 9. The third-order valence-electron chi connectivity index (χ3n) is 4.47. The number of rotatable bonds is 8. The van der Waals surface area contributed by atoms with E-state index in [0.29, 0.717) is 24.4 Å². The van der Waals surface area contributed by atoms with Crippen LogP contribution < -0.4 is 0 Å². The van der Waals surface area contributed by atoms with Gasteiger partial charge in [0, 0.05) is 30.9 Å². The van der Waals surface area contributed by atoms with Crippen molar-refractivity contribution in [3.63, 3.8) is 0 Å². The van der Waals surface area contributed by atoms with Crippen molar-refractivity contribution in [1.82, 2.24) is 20.1 Å². The number of aromatic amines is 1. The van der Waals surface area contributed by atoms with Gasteiger partial charge in [0.05, 0.1) is 17.6 Å². The van der Waals surface area contributed by atoms with E-state index in [0.717, 1.165) is 0 Å². The van der Waals surface area contributed by atoms with E-state index in [1.165, 1.54) is 37.1 Å². The molecule has 11 nitrogen and oxygen atoms in total. The van der Waals surface area contributed by atoms with Crippen LogP contribution in [0.3, 0.4) is 0 Å². The van der Waals surface area contributed by atoms with Gasteiger partial charge in [-0.05, 0) is 24.1 Å². The Balaban J connectivity index is 1.56. The summed E-state index contributed by atoms with van der Waals surface area (Å²) in [5, 5.41) is 17.1. The Morgan fingerprint density at radius 3 is 2.73 bits per heavy atom. The lowest BCUT2D eigenvalue weighted by Gasteiger charge is -2.23. The standard InChI is InChI=1S/C18H21N5O6S/c1-12(24)30-16-6-15(9-28-10-17-19-11-20-21-17)22(7-16)18(25)29-8-13-2-4-14(5-3-13)23(26)27/h2-5,11,15-16H,6-10H2,1H3,(H,19,20,21)/t15-,16-/m0/s1. The second kappa shape index (κ2) is 10.2. The van der Waals surface area contributed by atoms with Gasteiger partial charge >= 0.3 is 6.09 Å². The predicted molar refractivity (Wildman–Crippen MR) is 106 cm³/mol. The van der Waals surface area contributed by atoms with Crippen LogP contribution in [0, 0.1) is 10.1 Å². The molecular weight excluding hydrogens is 414 g/mol. The van der Waals surface area contributed by atoms with Crippen molar-refractivity contribution in [2.75, 3.05) is 13.2 Å². The number of nitro groups is 1. The highest BCUT2D eigenvalue weighted by molar-refractivity contribution is 8.14. The van der Waals surface area contributed by atoms with Gasteiger partial charge in [-0.25, -0.2) is 9.78 Å². The smallest absolute Gasteiger partial charge is 0.410 e. The van der Waals surface area contributed by atoms with Crippen LogP contribution in [0.4, 0.5) is 10.5 Å². The van der Waals surface area contributed by atoms with Crippen LogP contribution >= 0.6 is 11.8 Å². The minimum atomic E-state index is -0.520. The van der Waals surface area contributed by atoms with Gasteiger partial charge in [0.1, 0.15) is 25.4 Å². The molecule has 0 bridgehead atoms. The maximum absolute atomic E-state index is 12.6. The van der Waals surface area contributed by atoms with Crippen LogP contribution in [-0.2, 0) is 27.5 Å². The fourth-order valence-corrected chi connectivity index (χ4v) is 4.13. The molecule has 1 aromatic heterocycles.